The predicted molar refractivity (Wildman–Crippen MR) is 115 cm³/mol. The van der Waals surface area contributed by atoms with E-state index >= 15 is 0 Å². The van der Waals surface area contributed by atoms with Gasteiger partial charge >= 0.3 is 11.9 Å². The maximum absolute atomic E-state index is 13.1. The molecule has 0 atom stereocenters. The van der Waals surface area contributed by atoms with Crippen LogP contribution in [-0.2, 0) is 38.4 Å². The zero-order chi connectivity index (χ0) is 22.7. The Morgan fingerprint density at radius 2 is 1.03 bits per heavy atom. The molecule has 0 saturated heterocycles. The molecule has 2 fully saturated rings. The number of esters is 2. The van der Waals surface area contributed by atoms with Crippen LogP contribution in [0, 0.1) is 0 Å². The van der Waals surface area contributed by atoms with Crippen molar-refractivity contribution < 1.29 is 37.0 Å². The van der Waals surface area contributed by atoms with Gasteiger partial charge < -0.3 is 18.9 Å². The summed E-state index contributed by atoms with van der Waals surface area (Å²) in [6, 6.07) is 0. The van der Waals surface area contributed by atoms with Gasteiger partial charge in [0.2, 0.25) is 0 Å². The van der Waals surface area contributed by atoms with E-state index in [2.05, 4.69) is 13.2 Å². The standard InChI is InChI=1S/C22H34O8S/c1-3-21(23)29-15-13-27-17-5-9-19(10-6-17)31(25,26)20-11-7-18(8-12-20)28-14-16-30-22(24)4-2/h3-4,17-20H,1-2,5-16H2. The van der Waals surface area contributed by atoms with Crippen molar-refractivity contribution in [1.29, 1.82) is 0 Å². The first-order valence-electron chi connectivity index (χ1n) is 10.9. The van der Waals surface area contributed by atoms with Crippen molar-refractivity contribution in [3.8, 4) is 0 Å². The van der Waals surface area contributed by atoms with Crippen LogP contribution in [0.1, 0.15) is 51.4 Å². The van der Waals surface area contributed by atoms with Gasteiger partial charge in [-0.15, -0.1) is 0 Å². The Hall–Kier alpha value is -1.71. The SMILES string of the molecule is C=CC(=O)OCCOC1CCC(S(=O)(=O)C2CCC(OCCOC(=O)C=C)CC2)CC1. The van der Waals surface area contributed by atoms with E-state index in [1.807, 2.05) is 0 Å². The molecule has 176 valence electrons. The molecule has 0 spiro atoms. The Morgan fingerprint density at radius 3 is 1.35 bits per heavy atom. The van der Waals surface area contributed by atoms with Crippen LogP contribution in [0.3, 0.4) is 0 Å². The Morgan fingerprint density at radius 1 is 0.677 bits per heavy atom. The van der Waals surface area contributed by atoms with Crippen LogP contribution in [0.2, 0.25) is 0 Å². The van der Waals surface area contributed by atoms with Crippen LogP contribution < -0.4 is 0 Å². The summed E-state index contributed by atoms with van der Waals surface area (Å²) in [6.07, 6.45) is 7.42. The summed E-state index contributed by atoms with van der Waals surface area (Å²) in [4.78, 5) is 22.0. The largest absolute Gasteiger partial charge is 0.460 e. The topological polar surface area (TPSA) is 105 Å². The fourth-order valence-corrected chi connectivity index (χ4v) is 6.56. The van der Waals surface area contributed by atoms with Crippen molar-refractivity contribution in [2.24, 2.45) is 0 Å². The molecule has 2 saturated carbocycles. The normalized spacial score (nSPS) is 26.6. The number of rotatable bonds is 12. The predicted octanol–water partition coefficient (Wildman–Crippen LogP) is 2.52. The summed E-state index contributed by atoms with van der Waals surface area (Å²) in [5, 5.41) is -0.626. The second kappa shape index (κ2) is 13.0. The third kappa shape index (κ3) is 8.38. The Labute approximate surface area is 184 Å². The van der Waals surface area contributed by atoms with E-state index in [1.54, 1.807) is 0 Å². The molecule has 9 heteroatoms. The lowest BCUT2D eigenvalue weighted by Gasteiger charge is -2.34. The van der Waals surface area contributed by atoms with E-state index in [9.17, 15) is 18.0 Å². The van der Waals surface area contributed by atoms with Crippen molar-refractivity contribution in [3.05, 3.63) is 25.3 Å². The first-order valence-corrected chi connectivity index (χ1v) is 12.5. The van der Waals surface area contributed by atoms with Crippen LogP contribution >= 0.6 is 0 Å². The van der Waals surface area contributed by atoms with Crippen LogP contribution in [-0.4, -0.2) is 69.5 Å². The molecule has 0 unspecified atom stereocenters. The van der Waals surface area contributed by atoms with Crippen LogP contribution in [0.4, 0.5) is 0 Å². The lowest BCUT2D eigenvalue weighted by Crippen LogP contribution is -2.39. The van der Waals surface area contributed by atoms with Gasteiger partial charge in [-0.3, -0.25) is 0 Å². The van der Waals surface area contributed by atoms with Gasteiger partial charge in [0.25, 0.3) is 0 Å². The minimum Gasteiger partial charge on any atom is -0.460 e. The van der Waals surface area contributed by atoms with Gasteiger partial charge in [-0.1, -0.05) is 13.2 Å². The molecule has 31 heavy (non-hydrogen) atoms. The summed E-state index contributed by atoms with van der Waals surface area (Å²) in [6.45, 7) is 7.61. The van der Waals surface area contributed by atoms with Crippen molar-refractivity contribution in [1.82, 2.24) is 0 Å². The van der Waals surface area contributed by atoms with Crippen LogP contribution in [0.25, 0.3) is 0 Å². The fourth-order valence-electron chi connectivity index (χ4n) is 4.16. The highest BCUT2D eigenvalue weighted by Crippen LogP contribution is 2.34. The highest BCUT2D eigenvalue weighted by molar-refractivity contribution is 7.92. The summed E-state index contributed by atoms with van der Waals surface area (Å²) < 4.78 is 47.3. The Bertz CT molecular complexity index is 647. The van der Waals surface area contributed by atoms with Gasteiger partial charge in [-0.2, -0.15) is 0 Å². The number of carbonyl (C=O) groups excluding carboxylic acids is 2. The molecule has 2 rings (SSSR count). The first kappa shape index (κ1) is 25.5. The molecule has 0 bridgehead atoms. The number of sulfone groups is 1. The monoisotopic (exact) mass is 458 g/mol. The molecule has 0 aromatic carbocycles. The van der Waals surface area contributed by atoms with E-state index < -0.39 is 21.8 Å². The lowest BCUT2D eigenvalue weighted by molar-refractivity contribution is -0.140. The fraction of sp³-hybridized carbons (Fsp3) is 0.727. The van der Waals surface area contributed by atoms with Crippen LogP contribution in [0.15, 0.2) is 25.3 Å². The van der Waals surface area contributed by atoms with Crippen LogP contribution in [0.5, 0.6) is 0 Å². The number of ether oxygens (including phenoxy) is 4. The molecule has 8 nitrogen and oxygen atoms in total. The zero-order valence-corrected chi connectivity index (χ0v) is 18.9. The van der Waals surface area contributed by atoms with Crippen molar-refractivity contribution in [3.63, 3.8) is 0 Å². The quantitative estimate of drug-likeness (QED) is 0.250. The van der Waals surface area contributed by atoms with Gasteiger partial charge in [-0.25, -0.2) is 18.0 Å². The lowest BCUT2D eigenvalue weighted by atomic mass is 9.96. The van der Waals surface area contributed by atoms with E-state index in [1.165, 1.54) is 0 Å². The van der Waals surface area contributed by atoms with Crippen molar-refractivity contribution >= 4 is 21.8 Å². The van der Waals surface area contributed by atoms with Gasteiger partial charge in [0, 0.05) is 12.2 Å². The molecular weight excluding hydrogens is 424 g/mol. The molecule has 0 heterocycles. The van der Waals surface area contributed by atoms with Gasteiger partial charge in [0.05, 0.1) is 35.9 Å². The summed E-state index contributed by atoms with van der Waals surface area (Å²) in [5.74, 6) is -0.954. The average Bonchev–Trinajstić information content (AvgIpc) is 2.79. The minimum atomic E-state index is -3.18. The highest BCUT2D eigenvalue weighted by atomic mass is 32.2. The minimum absolute atomic E-state index is 0.00760. The summed E-state index contributed by atoms with van der Waals surface area (Å²) >= 11 is 0. The number of hydrogen-bond acceptors (Lipinski definition) is 8. The maximum atomic E-state index is 13.1. The van der Waals surface area contributed by atoms with Gasteiger partial charge in [0.1, 0.15) is 13.2 Å². The van der Waals surface area contributed by atoms with E-state index in [-0.39, 0.29) is 35.9 Å². The van der Waals surface area contributed by atoms with E-state index in [0.29, 0.717) is 64.6 Å². The Balaban J connectivity index is 1.65. The molecule has 0 aliphatic heterocycles. The van der Waals surface area contributed by atoms with Gasteiger partial charge in [0.15, 0.2) is 9.84 Å². The first-order chi connectivity index (χ1) is 14.9. The van der Waals surface area contributed by atoms with Crippen molar-refractivity contribution in [2.75, 3.05) is 26.4 Å². The van der Waals surface area contributed by atoms with E-state index in [4.69, 9.17) is 18.9 Å². The number of carbonyl (C=O) groups is 2. The van der Waals surface area contributed by atoms with E-state index in [0.717, 1.165) is 12.2 Å². The molecular formula is C22H34O8S. The van der Waals surface area contributed by atoms with Crippen molar-refractivity contribution in [2.45, 2.75) is 74.1 Å². The smallest absolute Gasteiger partial charge is 0.330 e. The maximum Gasteiger partial charge on any atom is 0.330 e. The Kier molecular flexibility index (Phi) is 10.7. The third-order valence-electron chi connectivity index (χ3n) is 5.87. The third-order valence-corrected chi connectivity index (χ3v) is 8.67. The average molecular weight is 459 g/mol. The molecule has 0 N–H and O–H groups in total. The molecule has 0 aromatic heterocycles. The molecule has 2 aliphatic rings. The summed E-state index contributed by atoms with van der Waals surface area (Å²) in [7, 11) is -3.18. The zero-order valence-electron chi connectivity index (χ0n) is 18.0. The summed E-state index contributed by atoms with van der Waals surface area (Å²) in [5.41, 5.74) is 0. The second-order valence-electron chi connectivity index (χ2n) is 7.87. The molecule has 0 amide bonds. The molecule has 0 radical (unpaired) electrons. The molecule has 2 aliphatic carbocycles. The number of hydrogen-bond donors (Lipinski definition) is 0. The highest BCUT2D eigenvalue weighted by Gasteiger charge is 2.38. The second-order valence-corrected chi connectivity index (χ2v) is 10.4. The molecule has 0 aromatic rings. The van der Waals surface area contributed by atoms with Gasteiger partial charge in [-0.05, 0) is 51.4 Å².